The van der Waals surface area contributed by atoms with Crippen molar-refractivity contribution in [3.05, 3.63) is 53.9 Å². The first-order chi connectivity index (χ1) is 13.0. The molecule has 0 unspecified atom stereocenters. The minimum Gasteiger partial charge on any atom is -0.346 e. The van der Waals surface area contributed by atoms with E-state index in [0.29, 0.717) is 23.3 Å². The zero-order valence-electron chi connectivity index (χ0n) is 15.2. The van der Waals surface area contributed by atoms with Crippen molar-refractivity contribution in [1.29, 1.82) is 0 Å². The van der Waals surface area contributed by atoms with Gasteiger partial charge in [0.1, 0.15) is 11.3 Å². The van der Waals surface area contributed by atoms with Crippen molar-refractivity contribution in [3.8, 4) is 0 Å². The van der Waals surface area contributed by atoms with Gasteiger partial charge in [0.2, 0.25) is 5.95 Å². The third-order valence-corrected chi connectivity index (χ3v) is 4.21. The Hall–Kier alpha value is -3.49. The number of hydrogen-bond donors (Lipinski definition) is 3. The molecule has 4 aromatic rings. The van der Waals surface area contributed by atoms with Crippen LogP contribution in [-0.2, 0) is 7.05 Å². The molecule has 0 aliphatic rings. The van der Waals surface area contributed by atoms with Gasteiger partial charge < -0.3 is 15.2 Å². The molecule has 27 heavy (non-hydrogen) atoms. The predicted octanol–water partition coefficient (Wildman–Crippen LogP) is 3.45. The standard InChI is InChI=1S/C18H19FN8/c1-10-8-15(26-25-10)23-17-16-14(6-7-27(16)3)22-18(24-17)21-11(2)13-5-4-12(19)9-20-13/h4-9,11H,1-3H3,(H3,21,22,23,24,25,26)/t11-/m0/s1. The van der Waals surface area contributed by atoms with Crippen LogP contribution in [0.1, 0.15) is 24.4 Å². The highest BCUT2D eigenvalue weighted by atomic mass is 19.1. The monoisotopic (exact) mass is 366 g/mol. The minimum atomic E-state index is -0.367. The number of nitrogens with zero attached hydrogens (tertiary/aromatic N) is 5. The molecule has 138 valence electrons. The van der Waals surface area contributed by atoms with E-state index < -0.39 is 0 Å². The van der Waals surface area contributed by atoms with Gasteiger partial charge in [0.15, 0.2) is 11.6 Å². The average Bonchev–Trinajstić information content (AvgIpc) is 3.21. The van der Waals surface area contributed by atoms with E-state index in [4.69, 9.17) is 0 Å². The Kier molecular flexibility index (Phi) is 4.19. The zero-order chi connectivity index (χ0) is 19.0. The lowest BCUT2D eigenvalue weighted by atomic mass is 10.2. The van der Waals surface area contributed by atoms with Gasteiger partial charge in [-0.05, 0) is 32.0 Å². The molecule has 0 saturated heterocycles. The highest BCUT2D eigenvalue weighted by Gasteiger charge is 2.15. The second kappa shape index (κ2) is 6.67. The molecule has 1 atom stereocenters. The first-order valence-corrected chi connectivity index (χ1v) is 8.49. The molecule has 0 saturated carbocycles. The Bertz CT molecular complexity index is 1080. The van der Waals surface area contributed by atoms with E-state index >= 15 is 0 Å². The SMILES string of the molecule is Cc1cc(Nc2nc(N[C@@H](C)c3ccc(F)cn3)nc3ccn(C)c23)n[nH]1. The molecular formula is C18H19FN8. The number of aromatic nitrogens is 6. The quantitative estimate of drug-likeness (QED) is 0.501. The fourth-order valence-electron chi connectivity index (χ4n) is 2.86. The topological polar surface area (TPSA) is 96.3 Å². The largest absolute Gasteiger partial charge is 0.346 e. The Balaban J connectivity index is 1.67. The second-order valence-electron chi connectivity index (χ2n) is 6.38. The highest BCUT2D eigenvalue weighted by Crippen LogP contribution is 2.26. The van der Waals surface area contributed by atoms with Gasteiger partial charge in [-0.2, -0.15) is 10.1 Å². The van der Waals surface area contributed by atoms with Crippen LogP contribution in [0.4, 0.5) is 22.0 Å². The van der Waals surface area contributed by atoms with Crippen molar-refractivity contribution in [2.45, 2.75) is 19.9 Å². The summed E-state index contributed by atoms with van der Waals surface area (Å²) < 4.78 is 15.0. The maximum Gasteiger partial charge on any atom is 0.225 e. The van der Waals surface area contributed by atoms with E-state index in [0.717, 1.165) is 16.7 Å². The lowest BCUT2D eigenvalue weighted by molar-refractivity contribution is 0.617. The van der Waals surface area contributed by atoms with Gasteiger partial charge in [0, 0.05) is 25.0 Å². The first kappa shape index (κ1) is 17.0. The summed E-state index contributed by atoms with van der Waals surface area (Å²) in [5.74, 6) is 1.39. The fourth-order valence-corrected chi connectivity index (χ4v) is 2.86. The third kappa shape index (κ3) is 3.43. The van der Waals surface area contributed by atoms with E-state index in [2.05, 4.69) is 35.8 Å². The van der Waals surface area contributed by atoms with E-state index in [1.165, 1.54) is 12.3 Å². The Labute approximate surface area is 154 Å². The van der Waals surface area contributed by atoms with E-state index in [1.54, 1.807) is 6.07 Å². The van der Waals surface area contributed by atoms with Crippen LogP contribution in [0.5, 0.6) is 0 Å². The number of nitrogens with one attached hydrogen (secondary N) is 3. The molecule has 0 aliphatic carbocycles. The van der Waals surface area contributed by atoms with Crippen molar-refractivity contribution in [3.63, 3.8) is 0 Å². The van der Waals surface area contributed by atoms with Crippen LogP contribution >= 0.6 is 0 Å². The smallest absolute Gasteiger partial charge is 0.225 e. The molecule has 4 rings (SSSR count). The van der Waals surface area contributed by atoms with Crippen molar-refractivity contribution in [2.75, 3.05) is 10.6 Å². The number of H-pyrrole nitrogens is 1. The number of aromatic amines is 1. The normalized spacial score (nSPS) is 12.3. The van der Waals surface area contributed by atoms with Gasteiger partial charge in [0.05, 0.1) is 23.4 Å². The number of hydrogen-bond acceptors (Lipinski definition) is 6. The van der Waals surface area contributed by atoms with Crippen molar-refractivity contribution >= 4 is 28.6 Å². The summed E-state index contributed by atoms with van der Waals surface area (Å²) in [4.78, 5) is 13.3. The van der Waals surface area contributed by atoms with Gasteiger partial charge in [0.25, 0.3) is 0 Å². The lowest BCUT2D eigenvalue weighted by Crippen LogP contribution is -2.12. The van der Waals surface area contributed by atoms with Gasteiger partial charge >= 0.3 is 0 Å². The molecule has 9 heteroatoms. The highest BCUT2D eigenvalue weighted by molar-refractivity contribution is 5.89. The number of pyridine rings is 1. The van der Waals surface area contributed by atoms with Crippen LogP contribution in [0.15, 0.2) is 36.7 Å². The molecule has 8 nitrogen and oxygen atoms in total. The van der Waals surface area contributed by atoms with Crippen molar-refractivity contribution in [1.82, 2.24) is 29.7 Å². The van der Waals surface area contributed by atoms with Crippen LogP contribution in [-0.4, -0.2) is 29.7 Å². The third-order valence-electron chi connectivity index (χ3n) is 4.21. The number of aryl methyl sites for hydroxylation is 2. The van der Waals surface area contributed by atoms with Gasteiger partial charge in [-0.1, -0.05) is 0 Å². The van der Waals surface area contributed by atoms with E-state index in [-0.39, 0.29) is 11.9 Å². The molecule has 4 aromatic heterocycles. The van der Waals surface area contributed by atoms with Crippen LogP contribution in [0.3, 0.4) is 0 Å². The van der Waals surface area contributed by atoms with E-state index in [1.807, 2.05) is 43.8 Å². The summed E-state index contributed by atoms with van der Waals surface area (Å²) in [5, 5.41) is 13.6. The second-order valence-corrected chi connectivity index (χ2v) is 6.38. The maximum atomic E-state index is 13.1. The molecule has 0 fully saturated rings. The summed E-state index contributed by atoms with van der Waals surface area (Å²) in [6.45, 7) is 3.85. The molecule has 0 aliphatic heterocycles. The summed E-state index contributed by atoms with van der Waals surface area (Å²) in [6.07, 6.45) is 3.12. The summed E-state index contributed by atoms with van der Waals surface area (Å²) in [5.41, 5.74) is 3.31. The van der Waals surface area contributed by atoms with E-state index in [9.17, 15) is 4.39 Å². The van der Waals surface area contributed by atoms with Crippen molar-refractivity contribution in [2.24, 2.45) is 7.05 Å². The van der Waals surface area contributed by atoms with Crippen LogP contribution in [0.25, 0.3) is 11.0 Å². The van der Waals surface area contributed by atoms with Gasteiger partial charge in [-0.15, -0.1) is 0 Å². The Morgan fingerprint density at radius 3 is 2.78 bits per heavy atom. The number of halogens is 1. The molecular weight excluding hydrogens is 347 g/mol. The number of anilines is 3. The Morgan fingerprint density at radius 1 is 1.22 bits per heavy atom. The first-order valence-electron chi connectivity index (χ1n) is 8.49. The number of rotatable bonds is 5. The van der Waals surface area contributed by atoms with Gasteiger partial charge in [-0.3, -0.25) is 10.1 Å². The predicted molar refractivity (Wildman–Crippen MR) is 101 cm³/mol. The molecule has 0 aromatic carbocycles. The molecule has 0 spiro atoms. The van der Waals surface area contributed by atoms with Crippen LogP contribution in [0, 0.1) is 12.7 Å². The molecule has 4 heterocycles. The van der Waals surface area contributed by atoms with Gasteiger partial charge in [-0.25, -0.2) is 9.37 Å². The molecule has 0 radical (unpaired) electrons. The molecule has 0 amide bonds. The maximum absolute atomic E-state index is 13.1. The average molecular weight is 366 g/mol. The minimum absolute atomic E-state index is 0.188. The lowest BCUT2D eigenvalue weighted by Gasteiger charge is -2.15. The summed E-state index contributed by atoms with van der Waals surface area (Å²) >= 11 is 0. The Morgan fingerprint density at radius 2 is 2.07 bits per heavy atom. The number of fused-ring (bicyclic) bond motifs is 1. The fraction of sp³-hybridized carbons (Fsp3) is 0.222. The van der Waals surface area contributed by atoms with Crippen LogP contribution in [0.2, 0.25) is 0 Å². The molecule has 0 bridgehead atoms. The zero-order valence-corrected chi connectivity index (χ0v) is 15.2. The molecule has 3 N–H and O–H groups in total. The summed E-state index contributed by atoms with van der Waals surface area (Å²) in [6, 6.07) is 6.65. The van der Waals surface area contributed by atoms with Crippen LogP contribution < -0.4 is 10.6 Å². The van der Waals surface area contributed by atoms with Crippen molar-refractivity contribution < 1.29 is 4.39 Å². The summed E-state index contributed by atoms with van der Waals surface area (Å²) in [7, 11) is 1.94.